The van der Waals surface area contributed by atoms with Crippen molar-refractivity contribution < 1.29 is 14.3 Å². The summed E-state index contributed by atoms with van der Waals surface area (Å²) in [6.07, 6.45) is 0. The fourth-order valence-electron chi connectivity index (χ4n) is 4.41. The molecule has 6 rings (SSSR count). The standard InChI is InChI=1S/C26H26N6O4S/c1-17-2-4-18(5-3-17)24-29-32-23(33)15-20(28-26(32)37-24)16-30-8-10-31(11-9-30)25(34)27-19-6-7-21-22(14-19)36-13-12-35-21/h2-7,14-15H,8-13,16H2,1H3,(H,27,34). The molecule has 0 saturated carbocycles. The van der Waals surface area contributed by atoms with Gasteiger partial charge in [0.15, 0.2) is 11.5 Å². The van der Waals surface area contributed by atoms with Crippen LogP contribution in [0.1, 0.15) is 11.3 Å². The summed E-state index contributed by atoms with van der Waals surface area (Å²) in [6.45, 7) is 6.14. The van der Waals surface area contributed by atoms with Crippen molar-refractivity contribution in [2.45, 2.75) is 13.5 Å². The molecule has 0 radical (unpaired) electrons. The van der Waals surface area contributed by atoms with E-state index in [1.807, 2.05) is 37.3 Å². The van der Waals surface area contributed by atoms with E-state index in [9.17, 15) is 9.59 Å². The molecule has 0 atom stereocenters. The van der Waals surface area contributed by atoms with Crippen LogP contribution in [0.3, 0.4) is 0 Å². The van der Waals surface area contributed by atoms with Crippen LogP contribution in [0, 0.1) is 6.92 Å². The lowest BCUT2D eigenvalue weighted by molar-refractivity contribution is 0.142. The van der Waals surface area contributed by atoms with Crippen molar-refractivity contribution >= 4 is 28.0 Å². The molecule has 37 heavy (non-hydrogen) atoms. The Morgan fingerprint density at radius 1 is 1.00 bits per heavy atom. The molecule has 190 valence electrons. The van der Waals surface area contributed by atoms with Gasteiger partial charge in [0.2, 0.25) is 4.96 Å². The van der Waals surface area contributed by atoms with Gasteiger partial charge in [0, 0.05) is 56.1 Å². The Bertz CT molecular complexity index is 1510. The normalized spacial score (nSPS) is 15.6. The number of carbonyl (C=O) groups excluding carboxylic acids is 1. The lowest BCUT2D eigenvalue weighted by atomic mass is 10.2. The van der Waals surface area contributed by atoms with Crippen molar-refractivity contribution in [2.75, 3.05) is 44.7 Å². The molecular weight excluding hydrogens is 492 g/mol. The van der Waals surface area contributed by atoms with Crippen molar-refractivity contribution in [3.8, 4) is 22.1 Å². The zero-order valence-electron chi connectivity index (χ0n) is 20.3. The molecule has 0 unspecified atom stereocenters. The molecule has 2 aliphatic heterocycles. The van der Waals surface area contributed by atoms with Gasteiger partial charge in [0.1, 0.15) is 18.2 Å². The molecule has 1 saturated heterocycles. The van der Waals surface area contributed by atoms with Crippen molar-refractivity contribution in [2.24, 2.45) is 0 Å². The molecular formula is C26H26N6O4S. The van der Waals surface area contributed by atoms with Crippen LogP contribution in [-0.4, -0.2) is 69.8 Å². The van der Waals surface area contributed by atoms with Crippen LogP contribution < -0.4 is 20.3 Å². The van der Waals surface area contributed by atoms with E-state index in [0.717, 1.165) is 10.6 Å². The second-order valence-corrected chi connectivity index (χ2v) is 10.1. The number of nitrogens with zero attached hydrogens (tertiary/aromatic N) is 5. The maximum absolute atomic E-state index is 12.8. The summed E-state index contributed by atoms with van der Waals surface area (Å²) in [5.41, 5.74) is 3.32. The number of amides is 2. The minimum absolute atomic E-state index is 0.151. The first-order valence-electron chi connectivity index (χ1n) is 12.2. The predicted octanol–water partition coefficient (Wildman–Crippen LogP) is 3.25. The van der Waals surface area contributed by atoms with Crippen LogP contribution in [0.25, 0.3) is 15.5 Å². The smallest absolute Gasteiger partial charge is 0.321 e. The summed E-state index contributed by atoms with van der Waals surface area (Å²) < 4.78 is 12.5. The third-order valence-corrected chi connectivity index (χ3v) is 7.39. The number of fused-ring (bicyclic) bond motifs is 2. The fourth-order valence-corrected chi connectivity index (χ4v) is 5.34. The van der Waals surface area contributed by atoms with Crippen molar-refractivity contribution in [3.63, 3.8) is 0 Å². The van der Waals surface area contributed by atoms with E-state index in [2.05, 4.69) is 15.3 Å². The van der Waals surface area contributed by atoms with Gasteiger partial charge in [-0.2, -0.15) is 9.61 Å². The highest BCUT2D eigenvalue weighted by Crippen LogP contribution is 2.32. The van der Waals surface area contributed by atoms with E-state index < -0.39 is 0 Å². The van der Waals surface area contributed by atoms with Gasteiger partial charge in [-0.1, -0.05) is 41.2 Å². The second kappa shape index (κ2) is 9.83. The molecule has 10 nitrogen and oxygen atoms in total. The maximum Gasteiger partial charge on any atom is 0.321 e. The number of piperazine rings is 1. The Balaban J connectivity index is 1.08. The molecule has 2 amide bonds. The summed E-state index contributed by atoms with van der Waals surface area (Å²) in [7, 11) is 0. The Hall–Kier alpha value is -3.96. The van der Waals surface area contributed by atoms with Crippen LogP contribution >= 0.6 is 11.3 Å². The number of urea groups is 1. The van der Waals surface area contributed by atoms with E-state index >= 15 is 0 Å². The third-order valence-electron chi connectivity index (χ3n) is 6.44. The van der Waals surface area contributed by atoms with E-state index in [1.165, 1.54) is 21.4 Å². The zero-order chi connectivity index (χ0) is 25.4. The molecule has 1 N–H and O–H groups in total. The van der Waals surface area contributed by atoms with Crippen LogP contribution in [0.15, 0.2) is 53.3 Å². The molecule has 2 aromatic heterocycles. The van der Waals surface area contributed by atoms with Gasteiger partial charge < -0.3 is 19.7 Å². The Morgan fingerprint density at radius 2 is 1.76 bits per heavy atom. The highest BCUT2D eigenvalue weighted by Gasteiger charge is 2.23. The van der Waals surface area contributed by atoms with Crippen LogP contribution in [0.5, 0.6) is 11.5 Å². The lowest BCUT2D eigenvalue weighted by Gasteiger charge is -2.34. The maximum atomic E-state index is 12.8. The van der Waals surface area contributed by atoms with Crippen LogP contribution in [-0.2, 0) is 6.54 Å². The van der Waals surface area contributed by atoms with Crippen molar-refractivity contribution in [1.29, 1.82) is 0 Å². The average Bonchev–Trinajstić information content (AvgIpc) is 3.34. The predicted molar refractivity (Wildman–Crippen MR) is 141 cm³/mol. The first-order valence-corrected chi connectivity index (χ1v) is 13.0. The van der Waals surface area contributed by atoms with Gasteiger partial charge in [0.25, 0.3) is 5.56 Å². The van der Waals surface area contributed by atoms with Crippen LogP contribution in [0.2, 0.25) is 0 Å². The summed E-state index contributed by atoms with van der Waals surface area (Å²) in [6, 6.07) is 14.9. The molecule has 4 aromatic rings. The zero-order valence-corrected chi connectivity index (χ0v) is 21.2. The summed E-state index contributed by atoms with van der Waals surface area (Å²) in [4.78, 5) is 34.8. The van der Waals surface area contributed by atoms with Crippen LogP contribution in [0.4, 0.5) is 10.5 Å². The van der Waals surface area contributed by atoms with Gasteiger partial charge in [-0.3, -0.25) is 9.69 Å². The first-order chi connectivity index (χ1) is 18.0. The highest BCUT2D eigenvalue weighted by atomic mass is 32.1. The Morgan fingerprint density at radius 3 is 2.54 bits per heavy atom. The SMILES string of the molecule is Cc1ccc(-c2nn3c(=O)cc(CN4CCN(C(=O)Nc5ccc6c(c5)OCCO6)CC4)nc3s2)cc1. The van der Waals surface area contributed by atoms with Gasteiger partial charge in [0.05, 0.1) is 5.69 Å². The molecule has 4 heterocycles. The van der Waals surface area contributed by atoms with Gasteiger partial charge in [-0.15, -0.1) is 0 Å². The number of carbonyl (C=O) groups is 1. The molecule has 1 fully saturated rings. The number of ether oxygens (including phenoxy) is 2. The van der Waals surface area contributed by atoms with Gasteiger partial charge in [-0.25, -0.2) is 9.78 Å². The number of aromatic nitrogens is 3. The van der Waals surface area contributed by atoms with E-state index in [4.69, 9.17) is 14.5 Å². The van der Waals surface area contributed by atoms with E-state index in [0.29, 0.717) is 73.8 Å². The number of aryl methyl sites for hydroxylation is 1. The van der Waals surface area contributed by atoms with Gasteiger partial charge >= 0.3 is 6.03 Å². The molecule has 2 aliphatic rings. The van der Waals surface area contributed by atoms with E-state index in [1.54, 1.807) is 23.1 Å². The summed E-state index contributed by atoms with van der Waals surface area (Å²) in [5.74, 6) is 1.33. The van der Waals surface area contributed by atoms with Crippen molar-refractivity contribution in [1.82, 2.24) is 24.4 Å². The minimum atomic E-state index is -0.188. The quantitative estimate of drug-likeness (QED) is 0.443. The molecule has 0 spiro atoms. The minimum Gasteiger partial charge on any atom is -0.486 e. The lowest BCUT2D eigenvalue weighted by Crippen LogP contribution is -2.49. The summed E-state index contributed by atoms with van der Waals surface area (Å²) >= 11 is 1.40. The first kappa shape index (κ1) is 23.4. The molecule has 2 aromatic carbocycles. The van der Waals surface area contributed by atoms with Crippen molar-refractivity contribution in [3.05, 3.63) is 70.1 Å². The molecule has 11 heteroatoms. The summed E-state index contributed by atoms with van der Waals surface area (Å²) in [5, 5.41) is 8.18. The molecule has 0 aliphatic carbocycles. The topological polar surface area (TPSA) is 101 Å². The van der Waals surface area contributed by atoms with E-state index in [-0.39, 0.29) is 11.6 Å². The number of rotatable bonds is 4. The highest BCUT2D eigenvalue weighted by molar-refractivity contribution is 7.19. The monoisotopic (exact) mass is 518 g/mol. The number of hydrogen-bond acceptors (Lipinski definition) is 8. The third kappa shape index (κ3) is 5.00. The Labute approximate surface area is 217 Å². The second-order valence-electron chi connectivity index (χ2n) is 9.11. The average molecular weight is 519 g/mol. The largest absolute Gasteiger partial charge is 0.486 e. The number of benzene rings is 2. The number of hydrogen-bond donors (Lipinski definition) is 1. The Kier molecular flexibility index (Phi) is 6.23. The number of nitrogens with one attached hydrogen (secondary N) is 1. The fraction of sp³-hybridized carbons (Fsp3) is 0.308. The van der Waals surface area contributed by atoms with Gasteiger partial charge in [-0.05, 0) is 19.1 Å². The number of anilines is 1. The molecule has 0 bridgehead atoms.